The molecule has 0 saturated carbocycles. The van der Waals surface area contributed by atoms with Gasteiger partial charge in [0.2, 0.25) is 0 Å². The van der Waals surface area contributed by atoms with E-state index in [1.54, 1.807) is 12.1 Å². The fraction of sp³-hybridized carbons (Fsp3) is 0.375. The summed E-state index contributed by atoms with van der Waals surface area (Å²) >= 11 is 0. The maximum atomic E-state index is 13.1. The number of hydrogen-bond donors (Lipinski definition) is 1. The molecule has 122 valence electrons. The first-order valence-corrected chi connectivity index (χ1v) is 7.34. The Hall–Kier alpha value is -2.31. The monoisotopic (exact) mass is 324 g/mol. The van der Waals surface area contributed by atoms with Crippen molar-refractivity contribution in [2.45, 2.75) is 38.4 Å². The number of carbonyl (C=O) groups is 1. The van der Waals surface area contributed by atoms with Crippen molar-refractivity contribution in [2.75, 3.05) is 0 Å². The quantitative estimate of drug-likeness (QED) is 0.940. The molecular formula is C16H15F3N2O2. The van der Waals surface area contributed by atoms with Gasteiger partial charge in [0, 0.05) is 11.3 Å². The van der Waals surface area contributed by atoms with Gasteiger partial charge < -0.3 is 5.11 Å². The molecule has 1 aliphatic carbocycles. The molecule has 0 spiro atoms. The molecule has 0 amide bonds. The third kappa shape index (κ3) is 3.09. The first-order chi connectivity index (χ1) is 10.9. The van der Waals surface area contributed by atoms with Gasteiger partial charge in [0.15, 0.2) is 5.69 Å². The van der Waals surface area contributed by atoms with E-state index in [-0.39, 0.29) is 12.1 Å². The van der Waals surface area contributed by atoms with E-state index in [9.17, 15) is 18.0 Å². The highest BCUT2D eigenvalue weighted by Gasteiger charge is 2.39. The molecular weight excluding hydrogens is 309 g/mol. The van der Waals surface area contributed by atoms with E-state index in [4.69, 9.17) is 5.11 Å². The number of alkyl halides is 3. The van der Waals surface area contributed by atoms with Crippen LogP contribution in [0.15, 0.2) is 24.3 Å². The van der Waals surface area contributed by atoms with Gasteiger partial charge in [0.25, 0.3) is 0 Å². The van der Waals surface area contributed by atoms with E-state index in [0.29, 0.717) is 24.1 Å². The number of carboxylic acids is 1. The molecule has 7 heteroatoms. The average Bonchev–Trinajstić information content (AvgIpc) is 2.87. The summed E-state index contributed by atoms with van der Waals surface area (Å²) in [6.07, 6.45) is -1.85. The van der Waals surface area contributed by atoms with Crippen LogP contribution in [0.1, 0.15) is 45.7 Å². The van der Waals surface area contributed by atoms with Crippen molar-refractivity contribution in [2.24, 2.45) is 0 Å². The van der Waals surface area contributed by atoms with Crippen molar-refractivity contribution in [3.63, 3.8) is 0 Å². The maximum Gasteiger partial charge on any atom is 0.435 e. The van der Waals surface area contributed by atoms with Gasteiger partial charge in [-0.05, 0) is 43.4 Å². The van der Waals surface area contributed by atoms with Crippen LogP contribution in [0.2, 0.25) is 0 Å². The van der Waals surface area contributed by atoms with E-state index >= 15 is 0 Å². The number of benzene rings is 1. The van der Waals surface area contributed by atoms with E-state index in [0.717, 1.165) is 18.4 Å². The second-order valence-electron chi connectivity index (χ2n) is 5.64. The number of hydrogen-bond acceptors (Lipinski definition) is 2. The topological polar surface area (TPSA) is 55.1 Å². The third-order valence-corrected chi connectivity index (χ3v) is 4.06. The second-order valence-corrected chi connectivity index (χ2v) is 5.64. The van der Waals surface area contributed by atoms with Gasteiger partial charge >= 0.3 is 12.1 Å². The van der Waals surface area contributed by atoms with Crippen LogP contribution in [0.4, 0.5) is 13.2 Å². The smallest absolute Gasteiger partial charge is 0.435 e. The van der Waals surface area contributed by atoms with Crippen molar-refractivity contribution in [3.05, 3.63) is 52.3 Å². The Morgan fingerprint density at radius 1 is 1.17 bits per heavy atom. The number of nitrogens with zero attached hydrogens (tertiary/aromatic N) is 2. The summed E-state index contributed by atoms with van der Waals surface area (Å²) < 4.78 is 40.8. The summed E-state index contributed by atoms with van der Waals surface area (Å²) in [4.78, 5) is 10.8. The molecule has 1 aromatic heterocycles. The first-order valence-electron chi connectivity index (χ1n) is 7.34. The predicted octanol–water partition coefficient (Wildman–Crippen LogP) is 3.53. The molecule has 1 N–H and O–H groups in total. The zero-order valence-electron chi connectivity index (χ0n) is 12.2. The van der Waals surface area contributed by atoms with Crippen molar-refractivity contribution in [1.29, 1.82) is 0 Å². The summed E-state index contributed by atoms with van der Waals surface area (Å²) in [6, 6.07) is 6.10. The zero-order valence-corrected chi connectivity index (χ0v) is 12.2. The molecule has 0 atom stereocenters. The number of aromatic carboxylic acids is 1. The van der Waals surface area contributed by atoms with Gasteiger partial charge in [-0.1, -0.05) is 12.1 Å². The van der Waals surface area contributed by atoms with Crippen LogP contribution in [0.25, 0.3) is 0 Å². The number of rotatable bonds is 3. The summed E-state index contributed by atoms with van der Waals surface area (Å²) in [5, 5.41) is 12.7. The van der Waals surface area contributed by atoms with Crippen LogP contribution in [0.5, 0.6) is 0 Å². The lowest BCUT2D eigenvalue weighted by Crippen LogP contribution is -2.11. The van der Waals surface area contributed by atoms with Gasteiger partial charge in [-0.25, -0.2) is 4.79 Å². The summed E-state index contributed by atoms with van der Waals surface area (Å²) in [6.45, 7) is 0.207. The van der Waals surface area contributed by atoms with E-state index in [2.05, 4.69) is 5.10 Å². The highest BCUT2D eigenvalue weighted by Crippen LogP contribution is 2.36. The number of fused-ring (bicyclic) bond motifs is 1. The lowest BCUT2D eigenvalue weighted by atomic mass is 9.95. The maximum absolute atomic E-state index is 13.1. The lowest BCUT2D eigenvalue weighted by Gasteiger charge is -2.14. The molecule has 1 heterocycles. The highest BCUT2D eigenvalue weighted by molar-refractivity contribution is 5.87. The summed E-state index contributed by atoms with van der Waals surface area (Å²) in [5.74, 6) is -1.03. The molecule has 1 aromatic carbocycles. The van der Waals surface area contributed by atoms with E-state index < -0.39 is 17.8 Å². The van der Waals surface area contributed by atoms with Crippen LogP contribution in [-0.2, 0) is 25.6 Å². The Bertz CT molecular complexity index is 733. The number of aromatic nitrogens is 2. The number of halogens is 3. The standard InChI is InChI=1S/C16H15F3N2O2/c17-16(18,19)14-12-3-1-2-4-13(12)21(20-14)9-10-5-7-11(8-6-10)15(22)23/h5-8H,1-4,9H2,(H,22,23). The molecule has 2 aromatic rings. The number of carboxylic acid groups (broad SMARTS) is 1. The third-order valence-electron chi connectivity index (χ3n) is 4.06. The van der Waals surface area contributed by atoms with Crippen LogP contribution in [0.3, 0.4) is 0 Å². The second kappa shape index (κ2) is 5.72. The van der Waals surface area contributed by atoms with Crippen LogP contribution in [0, 0.1) is 0 Å². The van der Waals surface area contributed by atoms with Gasteiger partial charge in [-0.15, -0.1) is 0 Å². The molecule has 0 radical (unpaired) electrons. The summed E-state index contributed by atoms with van der Waals surface area (Å²) in [5.41, 5.74) is 1.04. The lowest BCUT2D eigenvalue weighted by molar-refractivity contribution is -0.142. The fourth-order valence-electron chi connectivity index (χ4n) is 2.95. The molecule has 0 fully saturated rings. The Morgan fingerprint density at radius 3 is 2.43 bits per heavy atom. The van der Waals surface area contributed by atoms with Crippen LogP contribution < -0.4 is 0 Å². The molecule has 0 bridgehead atoms. The molecule has 4 nitrogen and oxygen atoms in total. The minimum Gasteiger partial charge on any atom is -0.478 e. The normalized spacial score (nSPS) is 14.6. The minimum atomic E-state index is -4.44. The minimum absolute atomic E-state index is 0.146. The Morgan fingerprint density at radius 2 is 1.83 bits per heavy atom. The molecule has 1 aliphatic rings. The Kier molecular flexibility index (Phi) is 3.87. The Balaban J connectivity index is 1.93. The molecule has 3 rings (SSSR count). The van der Waals surface area contributed by atoms with Crippen LogP contribution >= 0.6 is 0 Å². The molecule has 23 heavy (non-hydrogen) atoms. The molecule has 0 unspecified atom stereocenters. The van der Waals surface area contributed by atoms with Crippen molar-refractivity contribution < 1.29 is 23.1 Å². The van der Waals surface area contributed by atoms with Crippen molar-refractivity contribution in [1.82, 2.24) is 9.78 Å². The van der Waals surface area contributed by atoms with Crippen LogP contribution in [-0.4, -0.2) is 20.9 Å². The first kappa shape index (κ1) is 15.6. The zero-order chi connectivity index (χ0) is 16.6. The average molecular weight is 324 g/mol. The predicted molar refractivity (Wildman–Crippen MR) is 76.4 cm³/mol. The van der Waals surface area contributed by atoms with E-state index in [1.807, 2.05) is 0 Å². The largest absolute Gasteiger partial charge is 0.478 e. The Labute approximate surface area is 130 Å². The summed E-state index contributed by atoms with van der Waals surface area (Å²) in [7, 11) is 0. The highest BCUT2D eigenvalue weighted by atomic mass is 19.4. The van der Waals surface area contributed by atoms with Gasteiger partial charge in [0.05, 0.1) is 12.1 Å². The van der Waals surface area contributed by atoms with Gasteiger partial charge in [-0.2, -0.15) is 18.3 Å². The van der Waals surface area contributed by atoms with E-state index in [1.165, 1.54) is 16.8 Å². The fourth-order valence-corrected chi connectivity index (χ4v) is 2.95. The van der Waals surface area contributed by atoms with Crippen molar-refractivity contribution in [3.8, 4) is 0 Å². The van der Waals surface area contributed by atoms with Gasteiger partial charge in [-0.3, -0.25) is 4.68 Å². The molecule has 0 aliphatic heterocycles. The van der Waals surface area contributed by atoms with Gasteiger partial charge in [0.1, 0.15) is 0 Å². The van der Waals surface area contributed by atoms with Crippen molar-refractivity contribution >= 4 is 5.97 Å². The SMILES string of the molecule is O=C(O)c1ccc(Cn2nc(C(F)(F)F)c3c2CCCC3)cc1. The molecule has 0 saturated heterocycles.